The summed E-state index contributed by atoms with van der Waals surface area (Å²) in [7, 11) is 5.64. The minimum atomic E-state index is -0.846. The highest BCUT2D eigenvalue weighted by molar-refractivity contribution is 5.81. The smallest absolute Gasteiger partial charge is 0.262 e. The van der Waals surface area contributed by atoms with E-state index in [1.165, 1.54) is 5.56 Å². The molecule has 1 aromatic heterocycles. The fourth-order valence-corrected chi connectivity index (χ4v) is 3.54. The van der Waals surface area contributed by atoms with Gasteiger partial charge in [-0.25, -0.2) is 4.98 Å². The molecule has 0 bridgehead atoms. The molecule has 0 unspecified atom stereocenters. The van der Waals surface area contributed by atoms with Gasteiger partial charge in [0.05, 0.1) is 12.8 Å². The standard InChI is InChI=1S/C24H26N4O4/c1-28(2)13-15-6-4-7-16(12-15)26-19-11-10-18(27-24(19)30-3)17-8-5-9-20-22(17)32-21(14-31-20)23(25)29/h4-12,21,26H,13-14H2,1-3H3,(H2,25,29)/t21-/m0/s1. The number of carbonyl (C=O) groups excluding carboxylic acids is 1. The number of aromatic nitrogens is 1. The summed E-state index contributed by atoms with van der Waals surface area (Å²) in [4.78, 5) is 18.4. The molecule has 0 aliphatic carbocycles. The average Bonchev–Trinajstić information content (AvgIpc) is 2.78. The normalized spacial score (nSPS) is 14.8. The van der Waals surface area contributed by atoms with Crippen LogP contribution in [0.25, 0.3) is 11.3 Å². The lowest BCUT2D eigenvalue weighted by atomic mass is 10.1. The first kappa shape index (κ1) is 21.5. The molecule has 32 heavy (non-hydrogen) atoms. The Morgan fingerprint density at radius 1 is 1.22 bits per heavy atom. The van der Waals surface area contributed by atoms with E-state index in [1.54, 1.807) is 13.2 Å². The Hall–Kier alpha value is -3.78. The molecule has 0 spiro atoms. The predicted molar refractivity (Wildman–Crippen MR) is 122 cm³/mol. The van der Waals surface area contributed by atoms with Crippen molar-refractivity contribution in [3.8, 4) is 28.6 Å². The molecule has 4 rings (SSSR count). The van der Waals surface area contributed by atoms with Gasteiger partial charge in [0.1, 0.15) is 12.3 Å². The van der Waals surface area contributed by atoms with E-state index in [9.17, 15) is 4.79 Å². The molecule has 2 aromatic carbocycles. The third-order valence-electron chi connectivity index (χ3n) is 4.98. The number of amides is 1. The van der Waals surface area contributed by atoms with E-state index >= 15 is 0 Å². The summed E-state index contributed by atoms with van der Waals surface area (Å²) in [6, 6.07) is 17.4. The maximum atomic E-state index is 11.6. The fraction of sp³-hybridized carbons (Fsp3) is 0.250. The Labute approximate surface area is 186 Å². The quantitative estimate of drug-likeness (QED) is 0.589. The van der Waals surface area contributed by atoms with Gasteiger partial charge in [-0.15, -0.1) is 0 Å². The summed E-state index contributed by atoms with van der Waals surface area (Å²) < 4.78 is 17.0. The average molecular weight is 434 g/mol. The predicted octanol–water partition coefficient (Wildman–Crippen LogP) is 3.19. The third-order valence-corrected chi connectivity index (χ3v) is 4.98. The Kier molecular flexibility index (Phi) is 6.13. The number of benzene rings is 2. The number of hydrogen-bond acceptors (Lipinski definition) is 7. The lowest BCUT2D eigenvalue weighted by Gasteiger charge is -2.26. The fourth-order valence-electron chi connectivity index (χ4n) is 3.54. The second-order valence-electron chi connectivity index (χ2n) is 7.77. The summed E-state index contributed by atoms with van der Waals surface area (Å²) in [5.41, 5.74) is 9.58. The number of nitrogens with two attached hydrogens (primary N) is 1. The molecule has 1 atom stereocenters. The number of anilines is 2. The maximum Gasteiger partial charge on any atom is 0.262 e. The molecule has 0 fully saturated rings. The number of ether oxygens (including phenoxy) is 3. The molecule has 3 N–H and O–H groups in total. The molecule has 0 saturated heterocycles. The van der Waals surface area contributed by atoms with Crippen molar-refractivity contribution in [1.29, 1.82) is 0 Å². The van der Waals surface area contributed by atoms with Gasteiger partial charge in [0.2, 0.25) is 12.0 Å². The second kappa shape index (κ2) is 9.15. The molecule has 0 radical (unpaired) electrons. The van der Waals surface area contributed by atoms with E-state index in [0.717, 1.165) is 17.9 Å². The van der Waals surface area contributed by atoms with Crippen LogP contribution in [0.15, 0.2) is 54.6 Å². The van der Waals surface area contributed by atoms with Crippen LogP contribution in [-0.4, -0.2) is 49.7 Å². The molecule has 0 saturated carbocycles. The summed E-state index contributed by atoms with van der Waals surface area (Å²) in [5.74, 6) is 0.836. The monoisotopic (exact) mass is 434 g/mol. The Balaban J connectivity index is 1.64. The number of methoxy groups -OCH3 is 1. The van der Waals surface area contributed by atoms with E-state index in [2.05, 4.69) is 27.3 Å². The summed E-state index contributed by atoms with van der Waals surface area (Å²) in [6.07, 6.45) is -0.846. The van der Waals surface area contributed by atoms with E-state index in [-0.39, 0.29) is 6.61 Å². The van der Waals surface area contributed by atoms with E-state index in [0.29, 0.717) is 28.6 Å². The highest BCUT2D eigenvalue weighted by atomic mass is 16.6. The lowest BCUT2D eigenvalue weighted by molar-refractivity contribution is -0.126. The van der Waals surface area contributed by atoms with Gasteiger partial charge >= 0.3 is 0 Å². The third kappa shape index (κ3) is 4.60. The first-order chi connectivity index (χ1) is 15.4. The lowest BCUT2D eigenvalue weighted by Crippen LogP contribution is -2.41. The van der Waals surface area contributed by atoms with E-state index in [1.807, 2.05) is 50.5 Å². The molecule has 1 aliphatic heterocycles. The molecule has 166 valence electrons. The van der Waals surface area contributed by atoms with Gasteiger partial charge in [0.15, 0.2) is 11.5 Å². The number of nitrogens with zero attached hydrogens (tertiary/aromatic N) is 2. The van der Waals surface area contributed by atoms with Crippen molar-refractivity contribution in [2.24, 2.45) is 5.73 Å². The molecule has 1 amide bonds. The van der Waals surface area contributed by atoms with Crippen LogP contribution in [0.4, 0.5) is 11.4 Å². The maximum absolute atomic E-state index is 11.6. The Morgan fingerprint density at radius 2 is 2.03 bits per heavy atom. The zero-order valence-corrected chi connectivity index (χ0v) is 18.3. The van der Waals surface area contributed by atoms with Gasteiger partial charge in [0, 0.05) is 17.8 Å². The number of rotatable bonds is 7. The topological polar surface area (TPSA) is 98.9 Å². The molecular formula is C24H26N4O4. The van der Waals surface area contributed by atoms with Crippen molar-refractivity contribution in [2.75, 3.05) is 33.1 Å². The number of para-hydroxylation sites is 1. The molecule has 8 nitrogen and oxygen atoms in total. The number of pyridine rings is 1. The van der Waals surface area contributed by atoms with Gasteiger partial charge in [-0.05, 0) is 56.1 Å². The molecule has 1 aliphatic rings. The van der Waals surface area contributed by atoms with Crippen LogP contribution in [0.1, 0.15) is 5.56 Å². The van der Waals surface area contributed by atoms with Crippen LogP contribution >= 0.6 is 0 Å². The van der Waals surface area contributed by atoms with Gasteiger partial charge in [0.25, 0.3) is 5.91 Å². The number of primary amides is 1. The van der Waals surface area contributed by atoms with Crippen molar-refractivity contribution in [3.05, 3.63) is 60.2 Å². The highest BCUT2D eigenvalue weighted by Gasteiger charge is 2.28. The first-order valence-corrected chi connectivity index (χ1v) is 10.2. The minimum Gasteiger partial charge on any atom is -0.485 e. The zero-order chi connectivity index (χ0) is 22.7. The van der Waals surface area contributed by atoms with Crippen molar-refractivity contribution >= 4 is 17.3 Å². The second-order valence-corrected chi connectivity index (χ2v) is 7.77. The van der Waals surface area contributed by atoms with Crippen LogP contribution in [0.3, 0.4) is 0 Å². The zero-order valence-electron chi connectivity index (χ0n) is 18.3. The van der Waals surface area contributed by atoms with Crippen molar-refractivity contribution in [1.82, 2.24) is 9.88 Å². The Morgan fingerprint density at radius 3 is 2.78 bits per heavy atom. The van der Waals surface area contributed by atoms with E-state index < -0.39 is 12.0 Å². The molecule has 3 aromatic rings. The molecule has 8 heteroatoms. The van der Waals surface area contributed by atoms with Crippen molar-refractivity contribution < 1.29 is 19.0 Å². The van der Waals surface area contributed by atoms with Gasteiger partial charge in [-0.2, -0.15) is 0 Å². The number of carbonyl (C=O) groups is 1. The van der Waals surface area contributed by atoms with Gasteiger partial charge in [-0.1, -0.05) is 18.2 Å². The number of hydrogen-bond donors (Lipinski definition) is 2. The minimum absolute atomic E-state index is 0.0816. The van der Waals surface area contributed by atoms with Crippen molar-refractivity contribution in [3.63, 3.8) is 0 Å². The van der Waals surface area contributed by atoms with Gasteiger partial charge < -0.3 is 30.2 Å². The summed E-state index contributed by atoms with van der Waals surface area (Å²) >= 11 is 0. The van der Waals surface area contributed by atoms with Crippen LogP contribution < -0.4 is 25.3 Å². The van der Waals surface area contributed by atoms with Crippen LogP contribution in [-0.2, 0) is 11.3 Å². The largest absolute Gasteiger partial charge is 0.485 e. The Bertz CT molecular complexity index is 1130. The summed E-state index contributed by atoms with van der Waals surface area (Å²) in [6.45, 7) is 0.926. The highest BCUT2D eigenvalue weighted by Crippen LogP contribution is 2.41. The molecular weight excluding hydrogens is 408 g/mol. The van der Waals surface area contributed by atoms with Crippen LogP contribution in [0.2, 0.25) is 0 Å². The SMILES string of the molecule is COc1nc(-c2cccc3c2O[C@H](C(N)=O)CO3)ccc1Nc1cccc(CN(C)C)c1. The summed E-state index contributed by atoms with van der Waals surface area (Å²) in [5, 5.41) is 3.38. The van der Waals surface area contributed by atoms with Gasteiger partial charge in [-0.3, -0.25) is 4.79 Å². The molecule has 2 heterocycles. The first-order valence-electron chi connectivity index (χ1n) is 10.2. The number of fused-ring (bicyclic) bond motifs is 1. The van der Waals surface area contributed by atoms with Crippen LogP contribution in [0, 0.1) is 0 Å². The van der Waals surface area contributed by atoms with E-state index in [4.69, 9.17) is 19.9 Å². The number of nitrogens with one attached hydrogen (secondary N) is 1. The van der Waals surface area contributed by atoms with Crippen molar-refractivity contribution in [2.45, 2.75) is 12.6 Å². The van der Waals surface area contributed by atoms with Crippen LogP contribution in [0.5, 0.6) is 17.4 Å².